The molecular weight excluding hydrogens is 248 g/mol. The van der Waals surface area contributed by atoms with Crippen molar-refractivity contribution in [1.29, 1.82) is 0 Å². The zero-order chi connectivity index (χ0) is 13.9. The summed E-state index contributed by atoms with van der Waals surface area (Å²) in [4.78, 5) is 0. The summed E-state index contributed by atoms with van der Waals surface area (Å²) in [5.74, 6) is 0.751. The standard InChI is InChI=1S/C15H21F2NO/c1-11(2)15(8-5-9-18-15)10-12-6-3-4-7-13(12)19-14(16)17/h3-4,6-7,11,14,18H,5,8-10H2,1-2H3. The van der Waals surface area contributed by atoms with E-state index >= 15 is 0 Å². The lowest BCUT2D eigenvalue weighted by Crippen LogP contribution is -2.46. The fourth-order valence-corrected chi connectivity index (χ4v) is 2.88. The molecule has 0 saturated carbocycles. The predicted molar refractivity (Wildman–Crippen MR) is 71.6 cm³/mol. The summed E-state index contributed by atoms with van der Waals surface area (Å²) < 4.78 is 29.5. The Morgan fingerprint density at radius 2 is 2.05 bits per heavy atom. The van der Waals surface area contributed by atoms with Crippen LogP contribution in [0.25, 0.3) is 0 Å². The minimum Gasteiger partial charge on any atom is -0.435 e. The molecule has 0 radical (unpaired) electrons. The fraction of sp³-hybridized carbons (Fsp3) is 0.600. The first-order valence-electron chi connectivity index (χ1n) is 6.81. The Bertz CT molecular complexity index is 414. The van der Waals surface area contributed by atoms with Gasteiger partial charge in [0.15, 0.2) is 0 Å². The first kappa shape index (κ1) is 14.3. The molecule has 1 atom stereocenters. The largest absolute Gasteiger partial charge is 0.435 e. The van der Waals surface area contributed by atoms with Crippen LogP contribution in [0.2, 0.25) is 0 Å². The van der Waals surface area contributed by atoms with Crippen LogP contribution in [-0.4, -0.2) is 18.7 Å². The molecular formula is C15H21F2NO. The molecule has 0 bridgehead atoms. The summed E-state index contributed by atoms with van der Waals surface area (Å²) in [6, 6.07) is 7.09. The normalized spacial score (nSPS) is 23.3. The van der Waals surface area contributed by atoms with E-state index in [4.69, 9.17) is 0 Å². The summed E-state index contributed by atoms with van der Waals surface area (Å²) in [5.41, 5.74) is 0.854. The molecule has 1 fully saturated rings. The van der Waals surface area contributed by atoms with Crippen molar-refractivity contribution in [3.63, 3.8) is 0 Å². The third-order valence-corrected chi connectivity index (χ3v) is 4.08. The molecule has 2 rings (SSSR count). The highest BCUT2D eigenvalue weighted by Crippen LogP contribution is 2.34. The summed E-state index contributed by atoms with van der Waals surface area (Å²) in [6.07, 6.45) is 2.94. The monoisotopic (exact) mass is 269 g/mol. The van der Waals surface area contributed by atoms with Crippen LogP contribution in [0.1, 0.15) is 32.3 Å². The van der Waals surface area contributed by atoms with Crippen LogP contribution in [0.5, 0.6) is 5.75 Å². The number of para-hydroxylation sites is 1. The van der Waals surface area contributed by atoms with E-state index in [0.717, 1.165) is 31.4 Å². The molecule has 1 aromatic rings. The number of hydrogen-bond donors (Lipinski definition) is 1. The quantitative estimate of drug-likeness (QED) is 0.881. The van der Waals surface area contributed by atoms with Crippen molar-refractivity contribution in [2.75, 3.05) is 6.54 Å². The van der Waals surface area contributed by atoms with E-state index < -0.39 is 6.61 Å². The maximum absolute atomic E-state index is 12.4. The van der Waals surface area contributed by atoms with Crippen molar-refractivity contribution < 1.29 is 13.5 Å². The van der Waals surface area contributed by atoms with E-state index in [9.17, 15) is 8.78 Å². The lowest BCUT2D eigenvalue weighted by atomic mass is 9.79. The number of halogens is 2. The summed E-state index contributed by atoms with van der Waals surface area (Å²) in [5, 5.41) is 3.56. The molecule has 106 valence electrons. The summed E-state index contributed by atoms with van der Waals surface area (Å²) in [7, 11) is 0. The Balaban J connectivity index is 2.22. The van der Waals surface area contributed by atoms with E-state index in [1.165, 1.54) is 0 Å². The molecule has 1 unspecified atom stereocenters. The summed E-state index contributed by atoms with van der Waals surface area (Å²) >= 11 is 0. The second-order valence-electron chi connectivity index (χ2n) is 5.50. The van der Waals surface area contributed by atoms with Crippen LogP contribution in [-0.2, 0) is 6.42 Å². The van der Waals surface area contributed by atoms with Gasteiger partial charge in [0, 0.05) is 5.54 Å². The van der Waals surface area contributed by atoms with Crippen LogP contribution >= 0.6 is 0 Å². The third kappa shape index (κ3) is 3.24. The van der Waals surface area contributed by atoms with Gasteiger partial charge in [-0.25, -0.2) is 0 Å². The van der Waals surface area contributed by atoms with E-state index in [1.54, 1.807) is 12.1 Å². The molecule has 2 nitrogen and oxygen atoms in total. The van der Waals surface area contributed by atoms with Gasteiger partial charge in [-0.3, -0.25) is 0 Å². The minimum absolute atomic E-state index is 0.00157. The van der Waals surface area contributed by atoms with Crippen molar-refractivity contribution in [2.24, 2.45) is 5.92 Å². The van der Waals surface area contributed by atoms with Gasteiger partial charge in [0.1, 0.15) is 5.75 Å². The Morgan fingerprint density at radius 3 is 2.63 bits per heavy atom. The van der Waals surface area contributed by atoms with Crippen LogP contribution in [0, 0.1) is 5.92 Å². The highest BCUT2D eigenvalue weighted by Gasteiger charge is 2.37. The van der Waals surface area contributed by atoms with Crippen molar-refractivity contribution >= 4 is 0 Å². The van der Waals surface area contributed by atoms with Crippen molar-refractivity contribution in [1.82, 2.24) is 5.32 Å². The smallest absolute Gasteiger partial charge is 0.387 e. The van der Waals surface area contributed by atoms with E-state index in [-0.39, 0.29) is 5.54 Å². The van der Waals surface area contributed by atoms with Crippen LogP contribution in [0.3, 0.4) is 0 Å². The molecule has 1 N–H and O–H groups in total. The maximum Gasteiger partial charge on any atom is 0.387 e. The first-order valence-corrected chi connectivity index (χ1v) is 6.81. The summed E-state index contributed by atoms with van der Waals surface area (Å²) in [6.45, 7) is 2.58. The second kappa shape index (κ2) is 5.87. The molecule has 0 amide bonds. The van der Waals surface area contributed by atoms with E-state index in [2.05, 4.69) is 23.9 Å². The van der Waals surface area contributed by atoms with Crippen molar-refractivity contribution in [2.45, 2.75) is 45.3 Å². The zero-order valence-electron chi connectivity index (χ0n) is 11.5. The molecule has 1 aliphatic rings. The Hall–Kier alpha value is -1.16. The Kier molecular flexibility index (Phi) is 4.40. The number of ether oxygens (including phenoxy) is 1. The first-order chi connectivity index (χ1) is 9.03. The number of nitrogens with one attached hydrogen (secondary N) is 1. The van der Waals surface area contributed by atoms with Crippen molar-refractivity contribution in [3.8, 4) is 5.75 Å². The highest BCUT2D eigenvalue weighted by molar-refractivity contribution is 5.35. The van der Waals surface area contributed by atoms with Crippen LogP contribution in [0.15, 0.2) is 24.3 Å². The van der Waals surface area contributed by atoms with Gasteiger partial charge >= 0.3 is 6.61 Å². The molecule has 4 heteroatoms. The lowest BCUT2D eigenvalue weighted by molar-refractivity contribution is -0.0506. The van der Waals surface area contributed by atoms with Gasteiger partial charge in [0.05, 0.1) is 0 Å². The van der Waals surface area contributed by atoms with Gasteiger partial charge in [-0.15, -0.1) is 0 Å². The zero-order valence-corrected chi connectivity index (χ0v) is 11.5. The molecule has 0 aliphatic carbocycles. The van der Waals surface area contributed by atoms with Gasteiger partial charge in [-0.1, -0.05) is 32.0 Å². The lowest BCUT2D eigenvalue weighted by Gasteiger charge is -2.34. The van der Waals surface area contributed by atoms with E-state index in [0.29, 0.717) is 11.7 Å². The average molecular weight is 269 g/mol. The third-order valence-electron chi connectivity index (χ3n) is 4.08. The average Bonchev–Trinajstić information content (AvgIpc) is 2.81. The predicted octanol–water partition coefficient (Wildman–Crippen LogP) is 3.61. The number of alkyl halides is 2. The highest BCUT2D eigenvalue weighted by atomic mass is 19.3. The van der Waals surface area contributed by atoms with Gasteiger partial charge < -0.3 is 10.1 Å². The molecule has 1 heterocycles. The molecule has 19 heavy (non-hydrogen) atoms. The number of benzene rings is 1. The number of rotatable bonds is 5. The van der Waals surface area contributed by atoms with Crippen molar-refractivity contribution in [3.05, 3.63) is 29.8 Å². The van der Waals surface area contributed by atoms with Gasteiger partial charge in [0.25, 0.3) is 0 Å². The second-order valence-corrected chi connectivity index (χ2v) is 5.50. The molecule has 1 saturated heterocycles. The van der Waals surface area contributed by atoms with Gasteiger partial charge in [-0.2, -0.15) is 8.78 Å². The fourth-order valence-electron chi connectivity index (χ4n) is 2.88. The van der Waals surface area contributed by atoms with Crippen LogP contribution in [0.4, 0.5) is 8.78 Å². The van der Waals surface area contributed by atoms with Gasteiger partial charge in [0.2, 0.25) is 0 Å². The minimum atomic E-state index is -2.77. The maximum atomic E-state index is 12.4. The topological polar surface area (TPSA) is 21.3 Å². The SMILES string of the molecule is CC(C)C1(Cc2ccccc2OC(F)F)CCCN1. The molecule has 0 spiro atoms. The molecule has 1 aliphatic heterocycles. The van der Waals surface area contributed by atoms with Crippen LogP contribution < -0.4 is 10.1 Å². The Labute approximate surface area is 113 Å². The molecule has 0 aromatic heterocycles. The van der Waals surface area contributed by atoms with E-state index in [1.807, 2.05) is 12.1 Å². The Morgan fingerprint density at radius 1 is 1.32 bits per heavy atom. The number of hydrogen-bond acceptors (Lipinski definition) is 2. The molecule has 1 aromatic carbocycles. The van der Waals surface area contributed by atoms with Gasteiger partial charge in [-0.05, 0) is 43.4 Å².